The van der Waals surface area contributed by atoms with Crippen molar-refractivity contribution in [3.63, 3.8) is 0 Å². The van der Waals surface area contributed by atoms with Crippen molar-refractivity contribution in [2.24, 2.45) is 0 Å². The van der Waals surface area contributed by atoms with Gasteiger partial charge >= 0.3 is 41.5 Å². The summed E-state index contributed by atoms with van der Waals surface area (Å²) in [7, 11) is -5.02. The first kappa shape index (κ1) is 59.5. The molecule has 0 atom stereocenters. The van der Waals surface area contributed by atoms with E-state index in [2.05, 4.69) is 38.2 Å². The molecule has 0 bridgehead atoms. The molecule has 0 saturated heterocycles. The number of carbonyl (C=O) groups is 2. The smallest absolute Gasteiger partial charge is 0.744 e. The zero-order valence-corrected chi connectivity index (χ0v) is 42.5. The molecule has 61 heavy (non-hydrogen) atoms. The molecule has 0 aliphatic rings. The maximum Gasteiger partial charge on any atom is 1.00 e. The van der Waals surface area contributed by atoms with Gasteiger partial charge in [-0.05, 0) is 63.5 Å². The molecule has 0 amide bonds. The molecule has 0 spiro atoms. The predicted octanol–water partition coefficient (Wildman–Crippen LogP) is 13.1. The van der Waals surface area contributed by atoms with Crippen LogP contribution in [-0.2, 0) is 19.6 Å². The van der Waals surface area contributed by atoms with Crippen molar-refractivity contribution in [2.45, 2.75) is 250 Å². The van der Waals surface area contributed by atoms with Gasteiger partial charge < -0.3 is 14.0 Å². The molecule has 0 aliphatic heterocycles. The van der Waals surface area contributed by atoms with Crippen LogP contribution >= 0.6 is 0 Å². The van der Waals surface area contributed by atoms with Crippen molar-refractivity contribution in [3.8, 4) is 0 Å². The monoisotopic (exact) mass is 881 g/mol. The molecule has 7 nitrogen and oxygen atoms in total. The van der Waals surface area contributed by atoms with Gasteiger partial charge in [0.2, 0.25) is 0 Å². The molecule has 0 fully saturated rings. The van der Waals surface area contributed by atoms with E-state index in [1.54, 1.807) is 0 Å². The second-order valence-electron chi connectivity index (χ2n) is 17.1. The van der Waals surface area contributed by atoms with Gasteiger partial charge in [0.1, 0.15) is 10.1 Å². The minimum absolute atomic E-state index is 0. The largest absolute Gasteiger partial charge is 1.00 e. The first-order chi connectivity index (χ1) is 29.3. The zero-order chi connectivity index (χ0) is 43.6. The van der Waals surface area contributed by atoms with Crippen molar-refractivity contribution < 1.29 is 61.6 Å². The second kappa shape index (κ2) is 43.8. The molecule has 0 unspecified atom stereocenters. The molecular formula is C52H89NaO7S. The van der Waals surface area contributed by atoms with Gasteiger partial charge in [-0.3, -0.25) is 0 Å². The molecule has 0 saturated carbocycles. The van der Waals surface area contributed by atoms with E-state index in [0.717, 1.165) is 57.4 Å². The average Bonchev–Trinajstić information content (AvgIpc) is 3.24. The van der Waals surface area contributed by atoms with Crippen molar-refractivity contribution in [1.29, 1.82) is 0 Å². The van der Waals surface area contributed by atoms with Gasteiger partial charge in [-0.25, -0.2) is 18.0 Å². The van der Waals surface area contributed by atoms with Crippen LogP contribution in [0, 0.1) is 0 Å². The summed E-state index contributed by atoms with van der Waals surface area (Å²) in [6.07, 6.45) is 53.3. The van der Waals surface area contributed by atoms with Crippen LogP contribution in [-0.4, -0.2) is 38.1 Å². The van der Waals surface area contributed by atoms with Crippen LogP contribution in [0.2, 0.25) is 0 Å². The number of esters is 2. The fourth-order valence-electron chi connectivity index (χ4n) is 7.85. The number of rotatable bonds is 43. The zero-order valence-electron chi connectivity index (χ0n) is 39.7. The first-order valence-corrected chi connectivity index (χ1v) is 26.5. The minimum Gasteiger partial charge on any atom is -0.744 e. The molecule has 1 aromatic carbocycles. The Morgan fingerprint density at radius 3 is 1.07 bits per heavy atom. The topological polar surface area (TPSA) is 110 Å². The summed E-state index contributed by atoms with van der Waals surface area (Å²) in [6, 6.07) is 3.65. The van der Waals surface area contributed by atoms with E-state index in [1.165, 1.54) is 179 Å². The first-order valence-electron chi connectivity index (χ1n) is 25.1. The summed E-state index contributed by atoms with van der Waals surface area (Å²) in [5.74, 6) is -1.80. The van der Waals surface area contributed by atoms with Crippen molar-refractivity contribution in [3.05, 3.63) is 53.6 Å². The third-order valence-electron chi connectivity index (χ3n) is 11.5. The molecule has 1 aromatic rings. The molecule has 0 aromatic heterocycles. The number of benzene rings is 1. The van der Waals surface area contributed by atoms with Gasteiger partial charge in [-0.1, -0.05) is 224 Å². The summed E-state index contributed by atoms with van der Waals surface area (Å²) in [5, 5.41) is 0. The van der Waals surface area contributed by atoms with Crippen LogP contribution in [0.1, 0.15) is 266 Å². The Bertz CT molecular complexity index is 1340. The Morgan fingerprint density at radius 2 is 0.754 bits per heavy atom. The average molecular weight is 881 g/mol. The molecule has 346 valence electrons. The number of allylic oxidation sites excluding steroid dienone is 4. The Balaban J connectivity index is 0.0000360. The summed E-state index contributed by atoms with van der Waals surface area (Å²) in [6.45, 7) is 4.63. The van der Waals surface area contributed by atoms with Gasteiger partial charge in [-0.15, -0.1) is 0 Å². The Kier molecular flexibility index (Phi) is 42.7. The normalized spacial score (nSPS) is 11.7. The van der Waals surface area contributed by atoms with E-state index in [-0.39, 0.29) is 48.3 Å². The third kappa shape index (κ3) is 35.6. The molecule has 0 radical (unpaired) electrons. The standard InChI is InChI=1S/C52H90O7S.Na/c1-3-5-7-9-11-13-15-17-19-21-23-25-27-29-31-33-35-37-39-41-46-58-51(53)48-44-43-45-49(60(55,56)57)50(48)52(54)59-47-42-40-38-36-34-32-30-28-26-24-22-20-18-16-14-12-10-8-6-4-2;/h5-8,43-45H,3-4,9-42,46-47H2,1-2H3,(H,55,56,57);/q;+1/p-1/b7-5+,8-6+;. The van der Waals surface area contributed by atoms with Gasteiger partial charge in [-0.2, -0.15) is 0 Å². The Labute approximate surface area is 397 Å². The Morgan fingerprint density at radius 1 is 0.459 bits per heavy atom. The molecule has 1 rings (SSSR count). The summed E-state index contributed by atoms with van der Waals surface area (Å²) in [4.78, 5) is 25.3. The van der Waals surface area contributed by atoms with Gasteiger partial charge in [0, 0.05) is 0 Å². The SMILES string of the molecule is CC/C=C/CCCCCCCCCCCCCCCCCCOC(=O)c1cccc(S(=O)(=O)[O-])c1C(=O)OCCCCCCCCCCCCCCCCCC/C=C/CC.[Na+]. The fourth-order valence-corrected chi connectivity index (χ4v) is 8.54. The fraction of sp³-hybridized carbons (Fsp3) is 0.769. The van der Waals surface area contributed by atoms with E-state index >= 15 is 0 Å². The van der Waals surface area contributed by atoms with Crippen LogP contribution in [0.5, 0.6) is 0 Å². The molecule has 0 N–H and O–H groups in total. The third-order valence-corrected chi connectivity index (χ3v) is 12.4. The molecular weight excluding hydrogens is 792 g/mol. The minimum atomic E-state index is -5.02. The van der Waals surface area contributed by atoms with Crippen molar-refractivity contribution >= 4 is 22.1 Å². The predicted molar refractivity (Wildman–Crippen MR) is 251 cm³/mol. The number of unbranched alkanes of at least 4 members (excludes halogenated alkanes) is 32. The van der Waals surface area contributed by atoms with Crippen LogP contribution in [0.3, 0.4) is 0 Å². The summed E-state index contributed by atoms with van der Waals surface area (Å²) in [5.41, 5.74) is -0.769. The second-order valence-corrected chi connectivity index (χ2v) is 18.4. The van der Waals surface area contributed by atoms with Gasteiger partial charge in [0.15, 0.2) is 0 Å². The van der Waals surface area contributed by atoms with Crippen LogP contribution < -0.4 is 29.6 Å². The number of hydrogen-bond acceptors (Lipinski definition) is 7. The maximum absolute atomic E-state index is 13.1. The number of hydrogen-bond donors (Lipinski definition) is 0. The van der Waals surface area contributed by atoms with Gasteiger partial charge in [0.25, 0.3) is 0 Å². The van der Waals surface area contributed by atoms with Crippen LogP contribution in [0.15, 0.2) is 47.4 Å². The summed E-state index contributed by atoms with van der Waals surface area (Å²) < 4.78 is 46.9. The number of carbonyl (C=O) groups excluding carboxylic acids is 2. The van der Waals surface area contributed by atoms with E-state index in [0.29, 0.717) is 12.8 Å². The Hall–Kier alpha value is -1.45. The van der Waals surface area contributed by atoms with E-state index in [9.17, 15) is 22.6 Å². The number of ether oxygens (including phenoxy) is 2. The maximum atomic E-state index is 13.1. The van der Waals surface area contributed by atoms with Crippen molar-refractivity contribution in [2.75, 3.05) is 13.2 Å². The van der Waals surface area contributed by atoms with E-state index < -0.39 is 32.5 Å². The molecule has 9 heteroatoms. The molecule has 0 aliphatic carbocycles. The van der Waals surface area contributed by atoms with Gasteiger partial charge in [0.05, 0.1) is 29.2 Å². The summed E-state index contributed by atoms with van der Waals surface area (Å²) >= 11 is 0. The van der Waals surface area contributed by atoms with Crippen LogP contribution in [0.4, 0.5) is 0 Å². The molecule has 0 heterocycles. The quantitative estimate of drug-likeness (QED) is 0.0211. The van der Waals surface area contributed by atoms with E-state index in [1.807, 2.05) is 0 Å². The van der Waals surface area contributed by atoms with Crippen molar-refractivity contribution in [1.82, 2.24) is 0 Å². The van der Waals surface area contributed by atoms with Crippen LogP contribution in [0.25, 0.3) is 0 Å². The van der Waals surface area contributed by atoms with E-state index in [4.69, 9.17) is 9.47 Å².